The Bertz CT molecular complexity index is 852. The molecule has 0 amide bonds. The summed E-state index contributed by atoms with van der Waals surface area (Å²) in [4.78, 5) is 25.3. The first-order valence-corrected chi connectivity index (χ1v) is 6.92. The van der Waals surface area contributed by atoms with Gasteiger partial charge < -0.3 is 0 Å². The molecule has 2 nitrogen and oxygen atoms in total. The van der Waals surface area contributed by atoms with Crippen LogP contribution in [0.15, 0.2) is 66.7 Å². The van der Waals surface area contributed by atoms with Crippen LogP contribution in [0.3, 0.4) is 0 Å². The molecule has 1 aliphatic carbocycles. The number of Topliss-reactive ketones (excluding diaryl/α,β-unsaturated/α-hetero) is 2. The number of carbonyl (C=O) groups is 2. The van der Waals surface area contributed by atoms with Gasteiger partial charge in [-0.1, -0.05) is 66.7 Å². The minimum atomic E-state index is -0.700. The summed E-state index contributed by atoms with van der Waals surface area (Å²) in [6.45, 7) is 0. The second-order valence-corrected chi connectivity index (χ2v) is 5.28. The van der Waals surface area contributed by atoms with Crippen molar-refractivity contribution in [2.75, 3.05) is 0 Å². The van der Waals surface area contributed by atoms with Gasteiger partial charge in [-0.2, -0.15) is 0 Å². The van der Waals surface area contributed by atoms with Crippen molar-refractivity contribution < 1.29 is 9.59 Å². The van der Waals surface area contributed by atoms with Crippen molar-refractivity contribution in [1.29, 1.82) is 0 Å². The van der Waals surface area contributed by atoms with Crippen molar-refractivity contribution in [3.63, 3.8) is 0 Å². The van der Waals surface area contributed by atoms with E-state index >= 15 is 0 Å². The smallest absolute Gasteiger partial charge is 0.178 e. The van der Waals surface area contributed by atoms with Crippen LogP contribution in [-0.4, -0.2) is 11.6 Å². The number of carbonyl (C=O) groups excluding carboxylic acids is 2. The average molecular weight is 272 g/mol. The van der Waals surface area contributed by atoms with E-state index in [1.165, 1.54) is 0 Å². The molecular formula is C19H12O2. The fourth-order valence-corrected chi connectivity index (χ4v) is 3.13. The molecule has 1 aliphatic rings. The highest BCUT2D eigenvalue weighted by Crippen LogP contribution is 2.36. The van der Waals surface area contributed by atoms with Gasteiger partial charge in [0.25, 0.3) is 0 Å². The van der Waals surface area contributed by atoms with Crippen molar-refractivity contribution in [3.05, 3.63) is 83.4 Å². The van der Waals surface area contributed by atoms with Crippen LogP contribution < -0.4 is 0 Å². The second-order valence-electron chi connectivity index (χ2n) is 5.28. The van der Waals surface area contributed by atoms with E-state index in [-0.39, 0.29) is 11.6 Å². The van der Waals surface area contributed by atoms with E-state index in [2.05, 4.69) is 0 Å². The van der Waals surface area contributed by atoms with E-state index in [0.717, 1.165) is 16.3 Å². The highest BCUT2D eigenvalue weighted by Gasteiger charge is 2.39. The molecule has 0 atom stereocenters. The molecule has 0 N–H and O–H groups in total. The summed E-state index contributed by atoms with van der Waals surface area (Å²) in [6.07, 6.45) is 0. The summed E-state index contributed by atoms with van der Waals surface area (Å²) in [5.74, 6) is -0.882. The summed E-state index contributed by atoms with van der Waals surface area (Å²) in [7, 11) is 0. The van der Waals surface area contributed by atoms with Crippen molar-refractivity contribution in [2.45, 2.75) is 5.92 Å². The largest absolute Gasteiger partial charge is 0.293 e. The minimum Gasteiger partial charge on any atom is -0.293 e. The van der Waals surface area contributed by atoms with Gasteiger partial charge in [0.2, 0.25) is 0 Å². The van der Waals surface area contributed by atoms with E-state index in [1.54, 1.807) is 24.3 Å². The summed E-state index contributed by atoms with van der Waals surface area (Å²) < 4.78 is 0. The average Bonchev–Trinajstić information content (AvgIpc) is 2.79. The fraction of sp³-hybridized carbons (Fsp3) is 0.0526. The van der Waals surface area contributed by atoms with Crippen molar-refractivity contribution in [1.82, 2.24) is 0 Å². The Labute approximate surface area is 122 Å². The third kappa shape index (κ3) is 1.66. The molecule has 2 heteroatoms. The Hall–Kier alpha value is -2.74. The third-order valence-electron chi connectivity index (χ3n) is 4.12. The van der Waals surface area contributed by atoms with E-state index in [4.69, 9.17) is 0 Å². The fourth-order valence-electron chi connectivity index (χ4n) is 3.13. The molecule has 0 spiro atoms. The lowest BCUT2D eigenvalue weighted by Gasteiger charge is -2.11. The molecule has 3 aromatic rings. The number of fused-ring (bicyclic) bond motifs is 2. The Morgan fingerprint density at radius 2 is 1.19 bits per heavy atom. The van der Waals surface area contributed by atoms with Gasteiger partial charge in [-0.25, -0.2) is 0 Å². The zero-order valence-electron chi connectivity index (χ0n) is 11.2. The molecule has 0 fully saturated rings. The van der Waals surface area contributed by atoms with Gasteiger partial charge >= 0.3 is 0 Å². The van der Waals surface area contributed by atoms with Crippen LogP contribution >= 0.6 is 0 Å². The van der Waals surface area contributed by atoms with Gasteiger partial charge in [-0.05, 0) is 16.3 Å². The molecule has 0 saturated carbocycles. The van der Waals surface area contributed by atoms with Gasteiger partial charge in [0.05, 0.1) is 0 Å². The molecule has 100 valence electrons. The maximum absolute atomic E-state index is 12.6. The third-order valence-corrected chi connectivity index (χ3v) is 4.12. The maximum Gasteiger partial charge on any atom is 0.178 e. The van der Waals surface area contributed by atoms with Gasteiger partial charge in [0, 0.05) is 11.1 Å². The Balaban J connectivity index is 1.95. The summed E-state index contributed by atoms with van der Waals surface area (Å²) in [5.41, 5.74) is 1.89. The number of hydrogen-bond acceptors (Lipinski definition) is 2. The molecule has 0 unspecified atom stereocenters. The van der Waals surface area contributed by atoms with Crippen LogP contribution in [0.1, 0.15) is 32.2 Å². The number of hydrogen-bond donors (Lipinski definition) is 0. The monoisotopic (exact) mass is 272 g/mol. The molecule has 0 bridgehead atoms. The first-order valence-electron chi connectivity index (χ1n) is 6.92. The highest BCUT2D eigenvalue weighted by atomic mass is 16.2. The van der Waals surface area contributed by atoms with Gasteiger partial charge in [0.1, 0.15) is 5.92 Å². The molecule has 3 aromatic carbocycles. The number of ketones is 2. The highest BCUT2D eigenvalue weighted by molar-refractivity contribution is 6.30. The van der Waals surface area contributed by atoms with Crippen molar-refractivity contribution in [2.24, 2.45) is 0 Å². The van der Waals surface area contributed by atoms with Gasteiger partial charge in [-0.15, -0.1) is 0 Å². The van der Waals surface area contributed by atoms with E-state index < -0.39 is 5.92 Å². The standard InChI is InChI=1S/C19H12O2/c20-18-15-9-3-4-10-16(15)19(21)17(18)14-11-5-7-12-6-1-2-8-13(12)14/h1-11,17H. The number of benzene rings is 3. The zero-order chi connectivity index (χ0) is 14.4. The Morgan fingerprint density at radius 1 is 0.619 bits per heavy atom. The van der Waals surface area contributed by atoms with E-state index in [1.807, 2.05) is 42.5 Å². The van der Waals surface area contributed by atoms with E-state index in [0.29, 0.717) is 11.1 Å². The molecule has 0 radical (unpaired) electrons. The quantitative estimate of drug-likeness (QED) is 0.627. The minimum absolute atomic E-state index is 0.0908. The lowest BCUT2D eigenvalue weighted by Crippen LogP contribution is -2.13. The summed E-state index contributed by atoms with van der Waals surface area (Å²) in [6, 6.07) is 20.7. The molecule has 0 heterocycles. The van der Waals surface area contributed by atoms with Crippen molar-refractivity contribution in [3.8, 4) is 0 Å². The van der Waals surface area contributed by atoms with Crippen LogP contribution in [0.4, 0.5) is 0 Å². The van der Waals surface area contributed by atoms with Gasteiger partial charge in [-0.3, -0.25) is 9.59 Å². The van der Waals surface area contributed by atoms with Gasteiger partial charge in [0.15, 0.2) is 11.6 Å². The van der Waals surface area contributed by atoms with Crippen LogP contribution in [0.25, 0.3) is 10.8 Å². The lowest BCUT2D eigenvalue weighted by molar-refractivity contribution is 0.0891. The normalized spacial score (nSPS) is 14.7. The summed E-state index contributed by atoms with van der Waals surface area (Å²) in [5, 5.41) is 2.02. The number of rotatable bonds is 1. The predicted molar refractivity (Wildman–Crippen MR) is 81.8 cm³/mol. The molecule has 0 aromatic heterocycles. The first kappa shape index (κ1) is 12.0. The first-order chi connectivity index (χ1) is 10.3. The molecule has 4 rings (SSSR count). The van der Waals surface area contributed by atoms with Crippen LogP contribution in [-0.2, 0) is 0 Å². The Kier molecular flexibility index (Phi) is 2.51. The van der Waals surface area contributed by atoms with Crippen molar-refractivity contribution >= 4 is 22.3 Å². The van der Waals surface area contributed by atoms with Crippen LogP contribution in [0, 0.1) is 0 Å². The van der Waals surface area contributed by atoms with E-state index in [9.17, 15) is 9.59 Å². The molecular weight excluding hydrogens is 260 g/mol. The van der Waals surface area contributed by atoms with Crippen LogP contribution in [0.2, 0.25) is 0 Å². The van der Waals surface area contributed by atoms with Crippen LogP contribution in [0.5, 0.6) is 0 Å². The topological polar surface area (TPSA) is 34.1 Å². The molecule has 21 heavy (non-hydrogen) atoms. The summed E-state index contributed by atoms with van der Waals surface area (Å²) >= 11 is 0. The molecule has 0 saturated heterocycles. The molecule has 0 aliphatic heterocycles. The maximum atomic E-state index is 12.6. The predicted octanol–water partition coefficient (Wildman–Crippen LogP) is 4.00. The second kappa shape index (κ2) is 4.38. The SMILES string of the molecule is O=C1c2ccccc2C(=O)C1c1cccc2ccccc12. The lowest BCUT2D eigenvalue weighted by atomic mass is 9.90. The zero-order valence-corrected chi connectivity index (χ0v) is 11.2. The Morgan fingerprint density at radius 3 is 1.90 bits per heavy atom.